The summed E-state index contributed by atoms with van der Waals surface area (Å²) in [6, 6.07) is 4.31. The van der Waals surface area contributed by atoms with Gasteiger partial charge < -0.3 is 10.2 Å². The van der Waals surface area contributed by atoms with Crippen molar-refractivity contribution in [1.82, 2.24) is 15.5 Å². The van der Waals surface area contributed by atoms with Gasteiger partial charge in [-0.3, -0.25) is 25.0 Å². The zero-order chi connectivity index (χ0) is 17.0. The van der Waals surface area contributed by atoms with E-state index in [1.807, 2.05) is 0 Å². The molecule has 1 fully saturated rings. The van der Waals surface area contributed by atoms with Gasteiger partial charge in [0.1, 0.15) is 0 Å². The number of carbonyl (C=O) groups is 2. The summed E-state index contributed by atoms with van der Waals surface area (Å²) in [5.74, 6) is -0.328. The standard InChI is InChI=1S/C14H16N4O4S/c1-9(10-2-3-12(23)11(6-10)18(21)22)14(20)17-5-4-15-13(7-17)16-8-19/h2-3,6,8,13,15,23H,1,4-5,7H2,(H,16,19). The van der Waals surface area contributed by atoms with Gasteiger partial charge in [0.25, 0.3) is 11.6 Å². The number of piperazine rings is 1. The number of rotatable bonds is 5. The quantitative estimate of drug-likeness (QED) is 0.237. The minimum Gasteiger partial charge on any atom is -0.342 e. The summed E-state index contributed by atoms with van der Waals surface area (Å²) < 4.78 is 0. The van der Waals surface area contributed by atoms with Crippen molar-refractivity contribution in [3.05, 3.63) is 40.5 Å². The number of amides is 2. The van der Waals surface area contributed by atoms with Crippen LogP contribution in [0.15, 0.2) is 29.7 Å². The van der Waals surface area contributed by atoms with E-state index in [0.29, 0.717) is 31.6 Å². The Labute approximate surface area is 138 Å². The Hall–Kier alpha value is -2.39. The number of hydrogen-bond acceptors (Lipinski definition) is 6. The van der Waals surface area contributed by atoms with E-state index in [4.69, 9.17) is 0 Å². The molecular formula is C14H16N4O4S. The molecule has 2 amide bonds. The molecule has 0 spiro atoms. The lowest BCUT2D eigenvalue weighted by molar-refractivity contribution is -0.387. The summed E-state index contributed by atoms with van der Waals surface area (Å²) in [6.07, 6.45) is 0.238. The summed E-state index contributed by atoms with van der Waals surface area (Å²) in [7, 11) is 0. The number of nitrogens with zero attached hydrogens (tertiary/aromatic N) is 2. The third-order valence-corrected chi connectivity index (χ3v) is 3.89. The zero-order valence-corrected chi connectivity index (χ0v) is 13.1. The average molecular weight is 336 g/mol. The van der Waals surface area contributed by atoms with Crippen LogP contribution in [0.3, 0.4) is 0 Å². The number of nitro groups is 1. The molecule has 1 atom stereocenters. The maximum absolute atomic E-state index is 12.5. The highest BCUT2D eigenvalue weighted by Crippen LogP contribution is 2.27. The van der Waals surface area contributed by atoms with Gasteiger partial charge in [0.15, 0.2) is 0 Å². The van der Waals surface area contributed by atoms with E-state index in [1.165, 1.54) is 12.1 Å². The fourth-order valence-corrected chi connectivity index (χ4v) is 2.52. The van der Waals surface area contributed by atoms with E-state index in [-0.39, 0.29) is 28.2 Å². The molecule has 1 aromatic carbocycles. The summed E-state index contributed by atoms with van der Waals surface area (Å²) >= 11 is 4.03. The number of nitrogens with one attached hydrogen (secondary N) is 2. The van der Waals surface area contributed by atoms with Gasteiger partial charge in [-0.2, -0.15) is 0 Å². The highest BCUT2D eigenvalue weighted by molar-refractivity contribution is 7.80. The first-order chi connectivity index (χ1) is 10.9. The lowest BCUT2D eigenvalue weighted by atomic mass is 10.0. The van der Waals surface area contributed by atoms with Crippen molar-refractivity contribution in [3.8, 4) is 0 Å². The second-order valence-corrected chi connectivity index (χ2v) is 5.46. The lowest BCUT2D eigenvalue weighted by Crippen LogP contribution is -2.58. The Bertz CT molecular complexity index is 664. The highest BCUT2D eigenvalue weighted by atomic mass is 32.1. The summed E-state index contributed by atoms with van der Waals surface area (Å²) in [4.78, 5) is 35.2. The largest absolute Gasteiger partial charge is 0.342 e. The van der Waals surface area contributed by atoms with E-state index in [1.54, 1.807) is 11.0 Å². The van der Waals surface area contributed by atoms with Crippen LogP contribution in [0.5, 0.6) is 0 Å². The molecule has 1 aliphatic rings. The summed E-state index contributed by atoms with van der Waals surface area (Å²) in [6.45, 7) is 5.04. The molecule has 1 aliphatic heterocycles. The SMILES string of the molecule is C=C(C(=O)N1CCNC(NC=O)C1)c1ccc(S)c([N+](=O)[O-])c1. The molecule has 23 heavy (non-hydrogen) atoms. The second kappa shape index (κ2) is 7.25. The predicted molar refractivity (Wildman–Crippen MR) is 87.0 cm³/mol. The van der Waals surface area contributed by atoms with Gasteiger partial charge in [0.05, 0.1) is 22.5 Å². The third-order valence-electron chi connectivity index (χ3n) is 3.51. The van der Waals surface area contributed by atoms with Crippen LogP contribution in [-0.2, 0) is 9.59 Å². The molecule has 9 heteroatoms. The number of thiol groups is 1. The fraction of sp³-hybridized carbons (Fsp3) is 0.286. The Morgan fingerprint density at radius 1 is 1.57 bits per heavy atom. The molecule has 2 rings (SSSR count). The average Bonchev–Trinajstić information content (AvgIpc) is 2.54. The van der Waals surface area contributed by atoms with Gasteiger partial charge in [-0.15, -0.1) is 12.6 Å². The normalized spacial score (nSPS) is 17.4. The Balaban J connectivity index is 2.16. The maximum atomic E-state index is 12.5. The van der Waals surface area contributed by atoms with Crippen molar-refractivity contribution >= 4 is 36.2 Å². The van der Waals surface area contributed by atoms with Crippen LogP contribution >= 0.6 is 12.6 Å². The first kappa shape index (κ1) is 17.0. The fourth-order valence-electron chi connectivity index (χ4n) is 2.30. The molecule has 0 aliphatic carbocycles. The Kier molecular flexibility index (Phi) is 5.35. The molecule has 1 unspecified atom stereocenters. The molecular weight excluding hydrogens is 320 g/mol. The molecule has 1 heterocycles. The summed E-state index contributed by atoms with van der Waals surface area (Å²) in [5.41, 5.74) is 0.353. The predicted octanol–water partition coefficient (Wildman–Crippen LogP) is 0.401. The van der Waals surface area contributed by atoms with E-state index in [0.717, 1.165) is 0 Å². The second-order valence-electron chi connectivity index (χ2n) is 4.98. The van der Waals surface area contributed by atoms with Crippen LogP contribution in [0.2, 0.25) is 0 Å². The topological polar surface area (TPSA) is 105 Å². The smallest absolute Gasteiger partial charge is 0.283 e. The first-order valence-electron chi connectivity index (χ1n) is 6.83. The van der Waals surface area contributed by atoms with Crippen molar-refractivity contribution in [2.24, 2.45) is 0 Å². The molecule has 1 saturated heterocycles. The number of benzene rings is 1. The highest BCUT2D eigenvalue weighted by Gasteiger charge is 2.25. The molecule has 0 bridgehead atoms. The molecule has 8 nitrogen and oxygen atoms in total. The van der Waals surface area contributed by atoms with E-state index in [9.17, 15) is 19.7 Å². The third kappa shape index (κ3) is 3.88. The van der Waals surface area contributed by atoms with Crippen LogP contribution in [0, 0.1) is 10.1 Å². The zero-order valence-electron chi connectivity index (χ0n) is 12.2. The lowest BCUT2D eigenvalue weighted by Gasteiger charge is -2.33. The van der Waals surface area contributed by atoms with Crippen molar-refractivity contribution in [2.45, 2.75) is 11.1 Å². The Morgan fingerprint density at radius 2 is 2.30 bits per heavy atom. The molecule has 1 aromatic rings. The van der Waals surface area contributed by atoms with Crippen LogP contribution in [0.1, 0.15) is 5.56 Å². The minimum atomic E-state index is -0.557. The number of hydrogen-bond donors (Lipinski definition) is 3. The monoisotopic (exact) mass is 336 g/mol. The van der Waals surface area contributed by atoms with Crippen molar-refractivity contribution in [2.75, 3.05) is 19.6 Å². The van der Waals surface area contributed by atoms with E-state index in [2.05, 4.69) is 29.8 Å². The van der Waals surface area contributed by atoms with E-state index >= 15 is 0 Å². The molecule has 0 radical (unpaired) electrons. The van der Waals surface area contributed by atoms with Crippen LogP contribution in [0.25, 0.3) is 5.57 Å². The van der Waals surface area contributed by atoms with Gasteiger partial charge in [-0.1, -0.05) is 12.6 Å². The summed E-state index contributed by atoms with van der Waals surface area (Å²) in [5, 5.41) is 16.6. The first-order valence-corrected chi connectivity index (χ1v) is 7.27. The van der Waals surface area contributed by atoms with Crippen molar-refractivity contribution in [3.63, 3.8) is 0 Å². The minimum absolute atomic E-state index is 0.160. The number of carbonyl (C=O) groups excluding carboxylic acids is 2. The molecule has 0 saturated carbocycles. The van der Waals surface area contributed by atoms with Crippen LogP contribution in [-0.4, -0.2) is 47.9 Å². The maximum Gasteiger partial charge on any atom is 0.283 e. The van der Waals surface area contributed by atoms with Gasteiger partial charge >= 0.3 is 0 Å². The van der Waals surface area contributed by atoms with Crippen molar-refractivity contribution in [1.29, 1.82) is 0 Å². The molecule has 2 N–H and O–H groups in total. The van der Waals surface area contributed by atoms with Crippen LogP contribution in [0.4, 0.5) is 5.69 Å². The molecule has 122 valence electrons. The van der Waals surface area contributed by atoms with Gasteiger partial charge in [-0.05, 0) is 11.6 Å². The molecule has 0 aromatic heterocycles. The number of nitro benzene ring substituents is 1. The van der Waals surface area contributed by atoms with Gasteiger partial charge in [0, 0.05) is 24.7 Å². The van der Waals surface area contributed by atoms with Crippen LogP contribution < -0.4 is 10.6 Å². The van der Waals surface area contributed by atoms with Gasteiger partial charge in [-0.25, -0.2) is 0 Å². The van der Waals surface area contributed by atoms with E-state index < -0.39 is 4.92 Å². The van der Waals surface area contributed by atoms with Gasteiger partial charge in [0.2, 0.25) is 6.41 Å². The van der Waals surface area contributed by atoms with Crippen molar-refractivity contribution < 1.29 is 14.5 Å². The Morgan fingerprint density at radius 3 is 2.96 bits per heavy atom.